The molecular weight excluding hydrogens is 343 g/mol. The third kappa shape index (κ3) is 5.24. The van der Waals surface area contributed by atoms with Gasteiger partial charge in [0.05, 0.1) is 15.6 Å². The molecule has 0 radical (unpaired) electrons. The Morgan fingerprint density at radius 3 is 2.57 bits per heavy atom. The highest BCUT2D eigenvalue weighted by Crippen LogP contribution is 2.22. The molecule has 1 N–H and O–H groups in total. The van der Waals surface area contributed by atoms with Gasteiger partial charge in [-0.2, -0.15) is 0 Å². The van der Waals surface area contributed by atoms with Crippen molar-refractivity contribution in [2.75, 3.05) is 6.54 Å². The highest BCUT2D eigenvalue weighted by Gasteiger charge is 2.02. The number of hydrogen-bond acceptors (Lipinski definition) is 1. The third-order valence-electron chi connectivity index (χ3n) is 2.93. The van der Waals surface area contributed by atoms with Gasteiger partial charge >= 0.3 is 0 Å². The molecule has 0 atom stereocenters. The smallest absolute Gasteiger partial charge is 0.296 e. The molecule has 118 valence electrons. The van der Waals surface area contributed by atoms with Crippen LogP contribution in [-0.2, 0) is 11.2 Å². The van der Waals surface area contributed by atoms with Gasteiger partial charge in [-0.3, -0.25) is 4.79 Å². The largest absolute Gasteiger partial charge is 0.345 e. The number of benzene rings is 2. The zero-order valence-electron chi connectivity index (χ0n) is 11.8. The zero-order valence-corrected chi connectivity index (χ0v) is 13.3. The van der Waals surface area contributed by atoms with Crippen LogP contribution in [0.1, 0.15) is 11.1 Å². The third-order valence-corrected chi connectivity index (χ3v) is 3.66. The van der Waals surface area contributed by atoms with E-state index in [9.17, 15) is 13.6 Å². The lowest BCUT2D eigenvalue weighted by atomic mass is 10.1. The van der Waals surface area contributed by atoms with Crippen LogP contribution < -0.4 is 5.32 Å². The molecule has 2 aromatic carbocycles. The summed E-state index contributed by atoms with van der Waals surface area (Å²) in [6, 6.07) is 8.18. The average Bonchev–Trinajstić information content (AvgIpc) is 2.50. The first-order chi connectivity index (χ1) is 11.0. The van der Waals surface area contributed by atoms with Gasteiger partial charge in [0.2, 0.25) is 0 Å². The predicted molar refractivity (Wildman–Crippen MR) is 86.4 cm³/mol. The SMILES string of the molecule is O=C(C#Cc1ccc(F)cc1F)NCCc1ccc(Cl)c(Cl)c1. The number of carbonyl (C=O) groups is 1. The van der Waals surface area contributed by atoms with E-state index in [4.69, 9.17) is 23.2 Å². The summed E-state index contributed by atoms with van der Waals surface area (Å²) in [6.45, 7) is 0.345. The van der Waals surface area contributed by atoms with Gasteiger partial charge in [-0.15, -0.1) is 0 Å². The van der Waals surface area contributed by atoms with Crippen molar-refractivity contribution in [2.24, 2.45) is 0 Å². The van der Waals surface area contributed by atoms with E-state index in [1.165, 1.54) is 6.07 Å². The van der Waals surface area contributed by atoms with Crippen LogP contribution in [-0.4, -0.2) is 12.5 Å². The molecule has 0 unspecified atom stereocenters. The predicted octanol–water partition coefficient (Wildman–Crippen LogP) is 3.98. The van der Waals surface area contributed by atoms with E-state index in [-0.39, 0.29) is 5.56 Å². The highest BCUT2D eigenvalue weighted by molar-refractivity contribution is 6.42. The molecule has 2 rings (SSSR count). The van der Waals surface area contributed by atoms with Crippen LogP contribution in [0.15, 0.2) is 36.4 Å². The van der Waals surface area contributed by atoms with Crippen LogP contribution in [0.25, 0.3) is 0 Å². The first-order valence-electron chi connectivity index (χ1n) is 6.64. The Balaban J connectivity index is 1.88. The Kier molecular flexibility index (Phi) is 5.97. The summed E-state index contributed by atoms with van der Waals surface area (Å²) in [5.41, 5.74) is 0.878. The Morgan fingerprint density at radius 2 is 1.87 bits per heavy atom. The second kappa shape index (κ2) is 7.96. The highest BCUT2D eigenvalue weighted by atomic mass is 35.5. The molecule has 23 heavy (non-hydrogen) atoms. The van der Waals surface area contributed by atoms with Crippen molar-refractivity contribution in [3.63, 3.8) is 0 Å². The molecule has 2 aromatic rings. The van der Waals surface area contributed by atoms with E-state index < -0.39 is 17.5 Å². The van der Waals surface area contributed by atoms with Gasteiger partial charge in [0.1, 0.15) is 11.6 Å². The molecule has 0 aliphatic rings. The summed E-state index contributed by atoms with van der Waals surface area (Å²) >= 11 is 11.7. The monoisotopic (exact) mass is 353 g/mol. The van der Waals surface area contributed by atoms with Crippen molar-refractivity contribution < 1.29 is 13.6 Å². The fourth-order valence-corrected chi connectivity index (χ4v) is 2.10. The summed E-state index contributed by atoms with van der Waals surface area (Å²) in [4.78, 5) is 11.6. The molecule has 6 heteroatoms. The van der Waals surface area contributed by atoms with Crippen LogP contribution in [0, 0.1) is 23.5 Å². The molecule has 0 spiro atoms. The van der Waals surface area contributed by atoms with Gasteiger partial charge in [-0.05, 0) is 36.2 Å². The van der Waals surface area contributed by atoms with Crippen molar-refractivity contribution in [3.05, 3.63) is 69.2 Å². The molecule has 0 heterocycles. The van der Waals surface area contributed by atoms with Gasteiger partial charge in [0, 0.05) is 18.5 Å². The normalized spacial score (nSPS) is 9.91. The number of halogens is 4. The summed E-state index contributed by atoms with van der Waals surface area (Å²) in [6.07, 6.45) is 0.551. The minimum Gasteiger partial charge on any atom is -0.345 e. The van der Waals surface area contributed by atoms with Gasteiger partial charge in [0.25, 0.3) is 5.91 Å². The van der Waals surface area contributed by atoms with E-state index in [1.807, 2.05) is 0 Å². The molecule has 1 amide bonds. The second-order valence-corrected chi connectivity index (χ2v) is 5.44. The average molecular weight is 354 g/mol. The second-order valence-electron chi connectivity index (χ2n) is 4.63. The Labute approximate surface area is 142 Å². The van der Waals surface area contributed by atoms with E-state index in [0.29, 0.717) is 29.1 Å². The van der Waals surface area contributed by atoms with Crippen molar-refractivity contribution in [1.29, 1.82) is 0 Å². The quantitative estimate of drug-likeness (QED) is 0.830. The summed E-state index contributed by atoms with van der Waals surface area (Å²) in [5, 5.41) is 3.49. The van der Waals surface area contributed by atoms with Crippen LogP contribution in [0.5, 0.6) is 0 Å². The van der Waals surface area contributed by atoms with Gasteiger partial charge in [-0.25, -0.2) is 8.78 Å². The van der Waals surface area contributed by atoms with E-state index >= 15 is 0 Å². The fraction of sp³-hybridized carbons (Fsp3) is 0.118. The Bertz CT molecular complexity index is 797. The van der Waals surface area contributed by atoms with Gasteiger partial charge in [-0.1, -0.05) is 35.2 Å². The van der Waals surface area contributed by atoms with Crippen LogP contribution in [0.3, 0.4) is 0 Å². The first kappa shape index (κ1) is 17.3. The fourth-order valence-electron chi connectivity index (χ4n) is 1.77. The Hall–Kier alpha value is -2.09. The maximum Gasteiger partial charge on any atom is 0.296 e. The van der Waals surface area contributed by atoms with Crippen LogP contribution >= 0.6 is 23.2 Å². The van der Waals surface area contributed by atoms with E-state index in [0.717, 1.165) is 11.6 Å². The zero-order chi connectivity index (χ0) is 16.8. The van der Waals surface area contributed by atoms with Gasteiger partial charge in [0.15, 0.2) is 0 Å². The summed E-state index contributed by atoms with van der Waals surface area (Å²) in [5.74, 6) is 2.57. The number of nitrogens with one attached hydrogen (secondary N) is 1. The number of hydrogen-bond donors (Lipinski definition) is 1. The molecule has 0 aromatic heterocycles. The van der Waals surface area contributed by atoms with Crippen molar-refractivity contribution >= 4 is 29.1 Å². The minimum absolute atomic E-state index is 0.0361. The van der Waals surface area contributed by atoms with E-state index in [1.54, 1.807) is 18.2 Å². The summed E-state index contributed by atoms with van der Waals surface area (Å²) in [7, 11) is 0. The molecule has 2 nitrogen and oxygen atoms in total. The topological polar surface area (TPSA) is 29.1 Å². The molecule has 0 bridgehead atoms. The number of amides is 1. The lowest BCUT2D eigenvalue weighted by Crippen LogP contribution is -2.24. The lowest BCUT2D eigenvalue weighted by molar-refractivity contribution is -0.115. The van der Waals surface area contributed by atoms with Crippen molar-refractivity contribution in [1.82, 2.24) is 5.32 Å². The molecular formula is C17H11Cl2F2NO. The minimum atomic E-state index is -0.805. The lowest BCUT2D eigenvalue weighted by Gasteiger charge is -2.03. The molecule has 0 aliphatic carbocycles. The number of carbonyl (C=O) groups excluding carboxylic acids is 1. The molecule has 0 fully saturated rings. The molecule has 0 saturated heterocycles. The first-order valence-corrected chi connectivity index (χ1v) is 7.40. The van der Waals surface area contributed by atoms with Crippen molar-refractivity contribution in [3.8, 4) is 11.8 Å². The maximum atomic E-state index is 13.3. The standard InChI is InChI=1S/C17H11Cl2F2NO/c18-14-5-1-11(9-15(14)19)7-8-22-17(23)6-3-12-2-4-13(20)10-16(12)21/h1-2,4-5,9-10H,7-8H2,(H,22,23). The van der Waals surface area contributed by atoms with Crippen molar-refractivity contribution in [2.45, 2.75) is 6.42 Å². The van der Waals surface area contributed by atoms with E-state index in [2.05, 4.69) is 17.2 Å². The van der Waals surface area contributed by atoms with Crippen LogP contribution in [0.2, 0.25) is 10.0 Å². The molecule has 0 saturated carbocycles. The molecule has 0 aliphatic heterocycles. The van der Waals surface area contributed by atoms with Crippen LogP contribution in [0.4, 0.5) is 8.78 Å². The summed E-state index contributed by atoms with van der Waals surface area (Å²) < 4.78 is 26.1. The number of rotatable bonds is 3. The van der Waals surface area contributed by atoms with Gasteiger partial charge < -0.3 is 5.32 Å². The maximum absolute atomic E-state index is 13.3. The Morgan fingerprint density at radius 1 is 1.09 bits per heavy atom.